The Bertz CT molecular complexity index is 591. The van der Waals surface area contributed by atoms with E-state index in [0.29, 0.717) is 16.6 Å². The van der Waals surface area contributed by atoms with Crippen LogP contribution in [0.5, 0.6) is 0 Å². The fourth-order valence-electron chi connectivity index (χ4n) is 1.61. The van der Waals surface area contributed by atoms with E-state index in [-0.39, 0.29) is 4.90 Å². The highest BCUT2D eigenvalue weighted by Gasteiger charge is 2.38. The molecule has 1 aromatic heterocycles. The topological polar surface area (TPSA) is 82.9 Å². The van der Waals surface area contributed by atoms with Gasteiger partial charge >= 0.3 is 0 Å². The minimum Gasteiger partial charge on any atom is -0.262 e. The quantitative estimate of drug-likeness (QED) is 0.896. The molecule has 0 saturated carbocycles. The van der Waals surface area contributed by atoms with Gasteiger partial charge in [0.1, 0.15) is 10.4 Å². The van der Waals surface area contributed by atoms with Crippen LogP contribution in [-0.2, 0) is 10.0 Å². The predicted octanol–water partition coefficient (Wildman–Crippen LogP) is 1.52. The normalized spacial score (nSPS) is 23.8. The molecule has 1 aromatic rings. The van der Waals surface area contributed by atoms with E-state index in [9.17, 15) is 8.42 Å². The molecule has 1 aliphatic rings. The highest BCUT2D eigenvalue weighted by molar-refractivity contribution is 9.10. The lowest BCUT2D eigenvalue weighted by Gasteiger charge is -2.20. The number of sulfonamides is 1. The predicted molar refractivity (Wildman–Crippen MR) is 72.5 cm³/mol. The van der Waals surface area contributed by atoms with Gasteiger partial charge in [-0.3, -0.25) is 4.98 Å². The van der Waals surface area contributed by atoms with Gasteiger partial charge in [-0.2, -0.15) is 21.7 Å². The van der Waals surface area contributed by atoms with E-state index in [1.165, 1.54) is 18.5 Å². The molecule has 8 heteroatoms. The lowest BCUT2D eigenvalue weighted by atomic mass is 10.0. The summed E-state index contributed by atoms with van der Waals surface area (Å²) in [5.41, 5.74) is -0.994. The van der Waals surface area contributed by atoms with Crippen molar-refractivity contribution in [3.8, 4) is 6.07 Å². The molecule has 96 valence electrons. The van der Waals surface area contributed by atoms with Crippen LogP contribution < -0.4 is 4.72 Å². The van der Waals surface area contributed by atoms with Gasteiger partial charge in [0.15, 0.2) is 0 Å². The number of pyridine rings is 1. The Morgan fingerprint density at radius 2 is 2.33 bits per heavy atom. The Labute approximate surface area is 118 Å². The van der Waals surface area contributed by atoms with Gasteiger partial charge in [0, 0.05) is 22.6 Å². The van der Waals surface area contributed by atoms with E-state index < -0.39 is 15.6 Å². The first-order chi connectivity index (χ1) is 8.47. The number of thioether (sulfide) groups is 1. The molecule has 1 unspecified atom stereocenters. The third-order valence-electron chi connectivity index (χ3n) is 2.56. The average Bonchev–Trinajstić information content (AvgIpc) is 2.77. The van der Waals surface area contributed by atoms with E-state index in [1.807, 2.05) is 0 Å². The first-order valence-corrected chi connectivity index (χ1v) is 8.54. The van der Waals surface area contributed by atoms with Crippen LogP contribution in [-0.4, -0.2) is 30.4 Å². The van der Waals surface area contributed by atoms with Crippen molar-refractivity contribution in [2.75, 3.05) is 11.5 Å². The summed E-state index contributed by atoms with van der Waals surface area (Å²) in [6.07, 6.45) is 3.29. The van der Waals surface area contributed by atoms with Gasteiger partial charge in [0.05, 0.1) is 6.07 Å². The lowest BCUT2D eigenvalue weighted by Crippen LogP contribution is -2.47. The van der Waals surface area contributed by atoms with Crippen LogP contribution in [0.25, 0.3) is 0 Å². The van der Waals surface area contributed by atoms with E-state index in [4.69, 9.17) is 5.26 Å². The number of nitrogens with zero attached hydrogens (tertiary/aromatic N) is 2. The van der Waals surface area contributed by atoms with Gasteiger partial charge in [0.2, 0.25) is 10.0 Å². The molecule has 1 fully saturated rings. The molecule has 0 amide bonds. The summed E-state index contributed by atoms with van der Waals surface area (Å²) in [6.45, 7) is 0. The van der Waals surface area contributed by atoms with Gasteiger partial charge in [-0.15, -0.1) is 0 Å². The molecule has 2 rings (SSSR count). The van der Waals surface area contributed by atoms with Crippen LogP contribution in [0, 0.1) is 11.3 Å². The van der Waals surface area contributed by atoms with Crippen molar-refractivity contribution >= 4 is 37.7 Å². The van der Waals surface area contributed by atoms with Crippen LogP contribution in [0.3, 0.4) is 0 Å². The molecule has 18 heavy (non-hydrogen) atoms. The van der Waals surface area contributed by atoms with Crippen LogP contribution in [0.4, 0.5) is 0 Å². The van der Waals surface area contributed by atoms with Gasteiger partial charge in [0.25, 0.3) is 0 Å². The molecular weight excluding hydrogens is 338 g/mol. The second kappa shape index (κ2) is 5.17. The Balaban J connectivity index is 2.30. The first-order valence-electron chi connectivity index (χ1n) is 5.11. The van der Waals surface area contributed by atoms with Crippen LogP contribution in [0.2, 0.25) is 0 Å². The number of halogens is 1. The van der Waals surface area contributed by atoms with Gasteiger partial charge in [-0.25, -0.2) is 8.42 Å². The third-order valence-corrected chi connectivity index (χ3v) is 5.68. The van der Waals surface area contributed by atoms with Gasteiger partial charge in [-0.1, -0.05) is 0 Å². The SMILES string of the molecule is N#CC1(NS(=O)(=O)c2cncc(Br)c2)CCSC1. The summed E-state index contributed by atoms with van der Waals surface area (Å²) >= 11 is 4.74. The number of rotatable bonds is 3. The number of hydrogen-bond acceptors (Lipinski definition) is 5. The molecule has 0 radical (unpaired) electrons. The molecule has 1 N–H and O–H groups in total. The minimum absolute atomic E-state index is 0.0587. The Morgan fingerprint density at radius 1 is 1.56 bits per heavy atom. The first kappa shape index (κ1) is 13.8. The fraction of sp³-hybridized carbons (Fsp3) is 0.400. The average molecular weight is 348 g/mol. The third kappa shape index (κ3) is 2.85. The zero-order valence-corrected chi connectivity index (χ0v) is 12.5. The summed E-state index contributed by atoms with van der Waals surface area (Å²) < 4.78 is 27.4. The molecule has 5 nitrogen and oxygen atoms in total. The molecule has 2 heterocycles. The molecule has 0 aromatic carbocycles. The Kier molecular flexibility index (Phi) is 3.96. The van der Waals surface area contributed by atoms with Gasteiger partial charge < -0.3 is 0 Å². The summed E-state index contributed by atoms with van der Waals surface area (Å²) in [4.78, 5) is 3.88. The largest absolute Gasteiger partial charge is 0.262 e. The van der Waals surface area contributed by atoms with E-state index in [1.54, 1.807) is 11.8 Å². The van der Waals surface area contributed by atoms with Crippen LogP contribution >= 0.6 is 27.7 Å². The van der Waals surface area contributed by atoms with Crippen molar-refractivity contribution in [3.05, 3.63) is 22.9 Å². The summed E-state index contributed by atoms with van der Waals surface area (Å²) in [6, 6.07) is 3.54. The number of nitrogens with one attached hydrogen (secondary N) is 1. The maximum absolute atomic E-state index is 12.2. The molecule has 0 spiro atoms. The van der Waals surface area contributed by atoms with Gasteiger partial charge in [-0.05, 0) is 34.2 Å². The standard InChI is InChI=1S/C10H10BrN3O2S2/c11-8-3-9(5-13-4-8)18(15,16)14-10(6-12)1-2-17-7-10/h3-5,14H,1-2,7H2. The lowest BCUT2D eigenvalue weighted by molar-refractivity contribution is 0.514. The summed E-state index contributed by atoms with van der Waals surface area (Å²) in [5.74, 6) is 1.26. The molecule has 0 aliphatic carbocycles. The molecular formula is C10H10BrN3O2S2. The molecule has 1 atom stereocenters. The maximum Gasteiger partial charge on any atom is 0.243 e. The van der Waals surface area contributed by atoms with E-state index in [0.717, 1.165) is 5.75 Å². The smallest absolute Gasteiger partial charge is 0.243 e. The number of nitriles is 1. The van der Waals surface area contributed by atoms with Crippen molar-refractivity contribution < 1.29 is 8.42 Å². The molecule has 0 bridgehead atoms. The molecule has 1 saturated heterocycles. The monoisotopic (exact) mass is 347 g/mol. The summed E-state index contributed by atoms with van der Waals surface area (Å²) in [5, 5.41) is 9.17. The highest BCUT2D eigenvalue weighted by atomic mass is 79.9. The number of aromatic nitrogens is 1. The van der Waals surface area contributed by atoms with Crippen molar-refractivity contribution in [3.63, 3.8) is 0 Å². The second-order valence-electron chi connectivity index (χ2n) is 3.94. The summed E-state index contributed by atoms with van der Waals surface area (Å²) in [7, 11) is -3.72. The van der Waals surface area contributed by atoms with Crippen LogP contribution in [0.1, 0.15) is 6.42 Å². The zero-order valence-electron chi connectivity index (χ0n) is 9.26. The van der Waals surface area contributed by atoms with E-state index in [2.05, 4.69) is 31.7 Å². The minimum atomic E-state index is -3.72. The van der Waals surface area contributed by atoms with E-state index >= 15 is 0 Å². The zero-order chi connectivity index (χ0) is 13.2. The Hall–Kier alpha value is -0.620. The highest BCUT2D eigenvalue weighted by Crippen LogP contribution is 2.29. The van der Waals surface area contributed by atoms with Crippen molar-refractivity contribution in [2.45, 2.75) is 16.9 Å². The Morgan fingerprint density at radius 3 is 2.89 bits per heavy atom. The molecule has 1 aliphatic heterocycles. The van der Waals surface area contributed by atoms with Crippen LogP contribution in [0.15, 0.2) is 27.8 Å². The van der Waals surface area contributed by atoms with Crippen molar-refractivity contribution in [1.82, 2.24) is 9.71 Å². The van der Waals surface area contributed by atoms with Crippen molar-refractivity contribution in [2.24, 2.45) is 0 Å². The fourth-order valence-corrected chi connectivity index (χ4v) is 4.82. The van der Waals surface area contributed by atoms with Crippen molar-refractivity contribution in [1.29, 1.82) is 5.26 Å². The maximum atomic E-state index is 12.2. The number of hydrogen-bond donors (Lipinski definition) is 1. The second-order valence-corrected chi connectivity index (χ2v) is 7.64.